The van der Waals surface area contributed by atoms with Gasteiger partial charge in [0.1, 0.15) is 17.1 Å². The first kappa shape index (κ1) is 16.1. The summed E-state index contributed by atoms with van der Waals surface area (Å²) in [5.41, 5.74) is 3.43. The number of hydrogen-bond donors (Lipinski definition) is 1. The molecule has 0 radical (unpaired) electrons. The van der Waals surface area contributed by atoms with Crippen LogP contribution in [-0.4, -0.2) is 31.1 Å². The second-order valence-electron chi connectivity index (χ2n) is 5.59. The van der Waals surface area contributed by atoms with Gasteiger partial charge in [-0.1, -0.05) is 0 Å². The average Bonchev–Trinajstić information content (AvgIpc) is 3.20. The van der Waals surface area contributed by atoms with Crippen molar-refractivity contribution < 1.29 is 17.9 Å². The fourth-order valence-electron chi connectivity index (χ4n) is 2.78. The zero-order valence-corrected chi connectivity index (χ0v) is 13.4. The van der Waals surface area contributed by atoms with E-state index >= 15 is 0 Å². The Labute approximate surface area is 145 Å². The normalized spacial score (nSPS) is 11.8. The van der Waals surface area contributed by atoms with Crippen LogP contribution in [0.1, 0.15) is 0 Å². The summed E-state index contributed by atoms with van der Waals surface area (Å²) in [5.74, 6) is -0.379. The van der Waals surface area contributed by atoms with Crippen LogP contribution in [0.4, 0.5) is 13.2 Å². The van der Waals surface area contributed by atoms with E-state index in [1.54, 1.807) is 24.1 Å². The third-order valence-electron chi connectivity index (χ3n) is 3.79. The molecule has 0 amide bonds. The minimum atomic E-state index is -4.75. The molecule has 132 valence electrons. The van der Waals surface area contributed by atoms with Gasteiger partial charge in [-0.25, -0.2) is 4.98 Å². The number of pyridine rings is 2. The highest BCUT2D eigenvalue weighted by atomic mass is 19.4. The van der Waals surface area contributed by atoms with E-state index in [4.69, 9.17) is 0 Å². The Bertz CT molecular complexity index is 1070. The van der Waals surface area contributed by atoms with Crippen LogP contribution in [-0.2, 0) is 7.05 Å². The lowest BCUT2D eigenvalue weighted by Crippen LogP contribution is -2.17. The van der Waals surface area contributed by atoms with Crippen molar-refractivity contribution >= 4 is 11.0 Å². The van der Waals surface area contributed by atoms with Gasteiger partial charge in [0.2, 0.25) is 0 Å². The van der Waals surface area contributed by atoms with Crippen molar-refractivity contribution in [1.82, 2.24) is 24.7 Å². The van der Waals surface area contributed by atoms with Crippen LogP contribution in [0.3, 0.4) is 0 Å². The van der Waals surface area contributed by atoms with E-state index in [1.165, 1.54) is 12.1 Å². The number of aryl methyl sites for hydroxylation is 1. The SMILES string of the molecule is Cn1cc(-c2ccnc3[nH]ccc23)c(-c2ccc(OC(F)(F)F)cn2)n1. The first-order valence-electron chi connectivity index (χ1n) is 7.59. The minimum absolute atomic E-state index is 0.379. The van der Waals surface area contributed by atoms with Gasteiger partial charge in [-0.15, -0.1) is 13.2 Å². The fraction of sp³-hybridized carbons (Fsp3) is 0.118. The molecule has 4 aromatic heterocycles. The van der Waals surface area contributed by atoms with Crippen molar-refractivity contribution in [3.8, 4) is 28.3 Å². The molecule has 0 fully saturated rings. The van der Waals surface area contributed by atoms with Crippen LogP contribution < -0.4 is 4.74 Å². The van der Waals surface area contributed by atoms with E-state index in [-0.39, 0.29) is 5.75 Å². The van der Waals surface area contributed by atoms with Gasteiger partial charge < -0.3 is 9.72 Å². The summed E-state index contributed by atoms with van der Waals surface area (Å²) in [5, 5.41) is 5.33. The summed E-state index contributed by atoms with van der Waals surface area (Å²) in [7, 11) is 1.77. The van der Waals surface area contributed by atoms with E-state index in [1.807, 2.05) is 18.3 Å². The van der Waals surface area contributed by atoms with Crippen molar-refractivity contribution in [3.05, 3.63) is 49.1 Å². The molecule has 0 saturated heterocycles. The molecule has 0 bridgehead atoms. The first-order chi connectivity index (χ1) is 12.4. The third kappa shape index (κ3) is 2.99. The van der Waals surface area contributed by atoms with Gasteiger partial charge in [-0.2, -0.15) is 5.10 Å². The molecule has 26 heavy (non-hydrogen) atoms. The maximum Gasteiger partial charge on any atom is 0.573 e. The molecule has 0 spiro atoms. The Morgan fingerprint density at radius 3 is 2.65 bits per heavy atom. The molecule has 9 heteroatoms. The summed E-state index contributed by atoms with van der Waals surface area (Å²) < 4.78 is 42.4. The molecule has 0 aliphatic carbocycles. The summed E-state index contributed by atoms with van der Waals surface area (Å²) in [6.45, 7) is 0. The van der Waals surface area contributed by atoms with Crippen LogP contribution >= 0.6 is 0 Å². The summed E-state index contributed by atoms with van der Waals surface area (Å²) in [4.78, 5) is 11.4. The molecule has 0 aliphatic heterocycles. The van der Waals surface area contributed by atoms with E-state index in [2.05, 4.69) is 24.8 Å². The van der Waals surface area contributed by atoms with E-state index in [0.717, 1.165) is 28.4 Å². The van der Waals surface area contributed by atoms with Crippen molar-refractivity contribution in [2.24, 2.45) is 7.05 Å². The van der Waals surface area contributed by atoms with Crippen LogP contribution in [0.5, 0.6) is 5.75 Å². The lowest BCUT2D eigenvalue weighted by molar-refractivity contribution is -0.274. The molecule has 0 saturated carbocycles. The Balaban J connectivity index is 1.78. The number of nitrogens with zero attached hydrogens (tertiary/aromatic N) is 4. The molecule has 6 nitrogen and oxygen atoms in total. The highest BCUT2D eigenvalue weighted by molar-refractivity contribution is 5.96. The first-order valence-corrected chi connectivity index (χ1v) is 7.59. The smallest absolute Gasteiger partial charge is 0.404 e. The number of aromatic amines is 1. The molecule has 0 aromatic carbocycles. The topological polar surface area (TPSA) is 68.6 Å². The molecule has 0 atom stereocenters. The number of ether oxygens (including phenoxy) is 1. The molecular formula is C17H12F3N5O. The summed E-state index contributed by atoms with van der Waals surface area (Å²) in [6, 6.07) is 6.43. The van der Waals surface area contributed by atoms with Gasteiger partial charge in [-0.05, 0) is 29.8 Å². The molecule has 4 rings (SSSR count). The van der Waals surface area contributed by atoms with Gasteiger partial charge in [-0.3, -0.25) is 9.67 Å². The highest BCUT2D eigenvalue weighted by Gasteiger charge is 2.31. The van der Waals surface area contributed by atoms with Crippen LogP contribution in [0.15, 0.2) is 49.1 Å². The minimum Gasteiger partial charge on any atom is -0.404 e. The number of halogens is 3. The molecule has 4 aromatic rings. The van der Waals surface area contributed by atoms with Gasteiger partial charge in [0, 0.05) is 36.6 Å². The zero-order chi connectivity index (χ0) is 18.3. The number of hydrogen-bond acceptors (Lipinski definition) is 4. The number of rotatable bonds is 3. The lowest BCUT2D eigenvalue weighted by Gasteiger charge is -2.09. The van der Waals surface area contributed by atoms with Gasteiger partial charge in [0.25, 0.3) is 0 Å². The summed E-state index contributed by atoms with van der Waals surface area (Å²) >= 11 is 0. The van der Waals surface area contributed by atoms with Crippen LogP contribution in [0, 0.1) is 0 Å². The number of nitrogens with one attached hydrogen (secondary N) is 1. The quantitative estimate of drug-likeness (QED) is 0.602. The maximum atomic E-state index is 12.3. The number of fused-ring (bicyclic) bond motifs is 1. The predicted octanol–water partition coefficient (Wildman–Crippen LogP) is 3.92. The predicted molar refractivity (Wildman–Crippen MR) is 88.2 cm³/mol. The van der Waals surface area contributed by atoms with Gasteiger partial charge >= 0.3 is 6.36 Å². The van der Waals surface area contributed by atoms with Crippen molar-refractivity contribution in [1.29, 1.82) is 0 Å². The number of aromatic nitrogens is 5. The van der Waals surface area contributed by atoms with Crippen molar-refractivity contribution in [2.75, 3.05) is 0 Å². The van der Waals surface area contributed by atoms with Gasteiger partial charge in [0.15, 0.2) is 0 Å². The number of H-pyrrole nitrogens is 1. The zero-order valence-electron chi connectivity index (χ0n) is 13.4. The highest BCUT2D eigenvalue weighted by Crippen LogP contribution is 2.34. The third-order valence-corrected chi connectivity index (χ3v) is 3.79. The Morgan fingerprint density at radius 1 is 1.08 bits per heavy atom. The standard InChI is InChI=1S/C17H12F3N5O/c1-25-9-13(11-4-6-21-16-12(11)5-7-22-16)15(24-25)14-3-2-10(8-23-14)26-17(18,19)20/h2-9H,1H3,(H,21,22). The molecule has 0 unspecified atom stereocenters. The Kier molecular flexibility index (Phi) is 3.64. The van der Waals surface area contributed by atoms with Crippen molar-refractivity contribution in [3.63, 3.8) is 0 Å². The van der Waals surface area contributed by atoms with Crippen molar-refractivity contribution in [2.45, 2.75) is 6.36 Å². The van der Waals surface area contributed by atoms with Crippen LogP contribution in [0.2, 0.25) is 0 Å². The molecular weight excluding hydrogens is 347 g/mol. The number of alkyl halides is 3. The van der Waals surface area contributed by atoms with E-state index in [9.17, 15) is 13.2 Å². The van der Waals surface area contributed by atoms with E-state index < -0.39 is 6.36 Å². The monoisotopic (exact) mass is 359 g/mol. The summed E-state index contributed by atoms with van der Waals surface area (Å²) in [6.07, 6.45) is 1.58. The Hall–Kier alpha value is -3.36. The lowest BCUT2D eigenvalue weighted by atomic mass is 10.0. The van der Waals surface area contributed by atoms with E-state index in [0.29, 0.717) is 11.4 Å². The maximum absolute atomic E-state index is 12.3. The molecule has 1 N–H and O–H groups in total. The van der Waals surface area contributed by atoms with Crippen LogP contribution in [0.25, 0.3) is 33.5 Å². The second-order valence-corrected chi connectivity index (χ2v) is 5.59. The molecule has 4 heterocycles. The Morgan fingerprint density at radius 2 is 1.92 bits per heavy atom. The fourth-order valence-corrected chi connectivity index (χ4v) is 2.78. The van der Waals surface area contributed by atoms with Gasteiger partial charge in [0.05, 0.1) is 11.9 Å². The average molecular weight is 359 g/mol. The second kappa shape index (κ2) is 5.87. The largest absolute Gasteiger partial charge is 0.573 e. The molecule has 0 aliphatic rings.